The number of nitrogens with one attached hydrogen (secondary N) is 1. The first-order valence-electron chi connectivity index (χ1n) is 9.73. The van der Waals surface area contributed by atoms with Gasteiger partial charge in [-0.1, -0.05) is 12.1 Å². The fourth-order valence-electron chi connectivity index (χ4n) is 7.05. The van der Waals surface area contributed by atoms with E-state index in [2.05, 4.69) is 24.3 Å². The molecule has 1 saturated heterocycles. The van der Waals surface area contributed by atoms with Crippen LogP contribution in [0.25, 0.3) is 0 Å². The van der Waals surface area contributed by atoms with Gasteiger partial charge in [0, 0.05) is 23.9 Å². The highest BCUT2D eigenvalue weighted by Gasteiger charge is 2.58. The van der Waals surface area contributed by atoms with Gasteiger partial charge in [0.25, 0.3) is 0 Å². The first-order chi connectivity index (χ1) is 11.5. The molecular weight excluding hydrogens is 300 g/mol. The summed E-state index contributed by atoms with van der Waals surface area (Å²) in [5.74, 6) is 4.36. The molecule has 24 heavy (non-hydrogen) atoms. The molecule has 0 spiro atoms. The van der Waals surface area contributed by atoms with Crippen molar-refractivity contribution in [3.63, 3.8) is 0 Å². The lowest BCUT2D eigenvalue weighted by Gasteiger charge is -2.61. The van der Waals surface area contributed by atoms with Crippen molar-refractivity contribution < 1.29 is 9.32 Å². The van der Waals surface area contributed by atoms with Gasteiger partial charge in [0.15, 0.2) is 0 Å². The smallest absolute Gasteiger partial charge is 0.220 e. The monoisotopic (exact) mass is 328 g/mol. The van der Waals surface area contributed by atoms with E-state index in [9.17, 15) is 4.79 Å². The molecule has 4 aliphatic rings. The summed E-state index contributed by atoms with van der Waals surface area (Å²) in [5, 5.41) is 7.42. The molecule has 4 nitrogen and oxygen atoms in total. The van der Waals surface area contributed by atoms with E-state index < -0.39 is 0 Å². The molecule has 3 aliphatic carbocycles. The fraction of sp³-hybridized carbons (Fsp3) is 0.800. The topological polar surface area (TPSA) is 55.1 Å². The highest BCUT2D eigenvalue weighted by atomic mass is 16.5. The lowest BCUT2D eigenvalue weighted by atomic mass is 9.45. The molecule has 1 N–H and O–H groups in total. The number of carbonyl (C=O) groups excluding carboxylic acids is 1. The van der Waals surface area contributed by atoms with E-state index in [1.54, 1.807) is 0 Å². The SMILES string of the molecule is C[C@]12CCC3C(CC[C@@H]4Cc5oncc5C[C@]34C)C1CCC(=O)N2. The van der Waals surface area contributed by atoms with Crippen LogP contribution in [0.5, 0.6) is 0 Å². The van der Waals surface area contributed by atoms with Crippen LogP contribution in [0.1, 0.15) is 63.7 Å². The Balaban J connectivity index is 1.48. The van der Waals surface area contributed by atoms with Gasteiger partial charge in [-0.15, -0.1) is 0 Å². The zero-order valence-electron chi connectivity index (χ0n) is 14.8. The van der Waals surface area contributed by atoms with Crippen LogP contribution >= 0.6 is 0 Å². The van der Waals surface area contributed by atoms with Crippen molar-refractivity contribution in [2.45, 2.75) is 70.8 Å². The molecule has 5 rings (SSSR count). The second-order valence-corrected chi connectivity index (χ2v) is 9.36. The third kappa shape index (κ3) is 1.91. The number of rotatable bonds is 0. The van der Waals surface area contributed by atoms with Crippen molar-refractivity contribution in [2.24, 2.45) is 29.1 Å². The Labute approximate surface area is 143 Å². The van der Waals surface area contributed by atoms with E-state index in [-0.39, 0.29) is 11.4 Å². The van der Waals surface area contributed by atoms with Crippen LogP contribution in [0.4, 0.5) is 0 Å². The van der Waals surface area contributed by atoms with Gasteiger partial charge in [-0.05, 0) is 74.5 Å². The molecule has 1 aromatic rings. The molecule has 4 heteroatoms. The van der Waals surface area contributed by atoms with Crippen LogP contribution in [0.3, 0.4) is 0 Å². The number of aromatic nitrogens is 1. The fourth-order valence-corrected chi connectivity index (χ4v) is 7.05. The molecule has 1 aliphatic heterocycles. The normalized spacial score (nSPS) is 47.0. The maximum atomic E-state index is 12.0. The second-order valence-electron chi connectivity index (χ2n) is 9.36. The van der Waals surface area contributed by atoms with Crippen molar-refractivity contribution in [3.8, 4) is 0 Å². The molecule has 1 amide bonds. The minimum absolute atomic E-state index is 0.0384. The molecule has 2 heterocycles. The molecule has 2 saturated carbocycles. The van der Waals surface area contributed by atoms with E-state index >= 15 is 0 Å². The van der Waals surface area contributed by atoms with Crippen molar-refractivity contribution in [1.29, 1.82) is 0 Å². The molecular formula is C20H28N2O2. The van der Waals surface area contributed by atoms with Gasteiger partial charge in [0.1, 0.15) is 5.76 Å². The lowest BCUT2D eigenvalue weighted by Crippen LogP contribution is -2.63. The molecule has 0 radical (unpaired) electrons. The van der Waals surface area contributed by atoms with Crippen molar-refractivity contribution in [1.82, 2.24) is 10.5 Å². The van der Waals surface area contributed by atoms with Gasteiger partial charge in [-0.2, -0.15) is 0 Å². The summed E-state index contributed by atoms with van der Waals surface area (Å²) in [6, 6.07) is 0. The summed E-state index contributed by atoms with van der Waals surface area (Å²) in [7, 11) is 0. The summed E-state index contributed by atoms with van der Waals surface area (Å²) < 4.78 is 5.50. The summed E-state index contributed by atoms with van der Waals surface area (Å²) in [5.41, 5.74) is 1.76. The Morgan fingerprint density at radius 2 is 2.08 bits per heavy atom. The zero-order chi connectivity index (χ0) is 16.5. The Hall–Kier alpha value is -1.32. The first-order valence-corrected chi connectivity index (χ1v) is 9.73. The van der Waals surface area contributed by atoms with E-state index in [0.29, 0.717) is 11.3 Å². The van der Waals surface area contributed by atoms with Crippen molar-refractivity contribution in [3.05, 3.63) is 17.5 Å². The van der Waals surface area contributed by atoms with Gasteiger partial charge in [0.05, 0.1) is 6.20 Å². The maximum Gasteiger partial charge on any atom is 0.220 e. The second kappa shape index (κ2) is 4.86. The minimum Gasteiger partial charge on any atom is -0.361 e. The largest absolute Gasteiger partial charge is 0.361 e. The minimum atomic E-state index is 0.0384. The number of nitrogens with zero attached hydrogens (tertiary/aromatic N) is 1. The van der Waals surface area contributed by atoms with Gasteiger partial charge in [0.2, 0.25) is 5.91 Å². The Morgan fingerprint density at radius 3 is 2.96 bits per heavy atom. The molecule has 6 atom stereocenters. The average molecular weight is 328 g/mol. The zero-order valence-corrected chi connectivity index (χ0v) is 14.8. The number of piperidine rings is 1. The number of fused-ring (bicyclic) bond motifs is 6. The first kappa shape index (κ1) is 15.0. The number of hydrogen-bond donors (Lipinski definition) is 1. The van der Waals surface area contributed by atoms with Crippen LogP contribution in [-0.4, -0.2) is 16.6 Å². The van der Waals surface area contributed by atoms with Gasteiger partial charge < -0.3 is 9.84 Å². The molecule has 130 valence electrons. The van der Waals surface area contributed by atoms with Gasteiger partial charge >= 0.3 is 0 Å². The van der Waals surface area contributed by atoms with Crippen molar-refractivity contribution >= 4 is 5.91 Å². The quantitative estimate of drug-likeness (QED) is 0.793. The van der Waals surface area contributed by atoms with Crippen molar-refractivity contribution in [2.75, 3.05) is 0 Å². The van der Waals surface area contributed by atoms with Crippen LogP contribution in [0.2, 0.25) is 0 Å². The maximum absolute atomic E-state index is 12.0. The number of amides is 1. The van der Waals surface area contributed by atoms with Crippen LogP contribution < -0.4 is 5.32 Å². The van der Waals surface area contributed by atoms with E-state index in [0.717, 1.165) is 55.6 Å². The standard InChI is InChI=1S/C20H28N2O2/c1-19-10-12-11-21-24-17(12)9-13(19)3-4-14-15(19)7-8-20(2)16(14)5-6-18(23)22-20/h11,13-16H,3-10H2,1-2H3,(H,22,23)/t13-,14?,15?,16?,19+,20+/m1/s1. The predicted molar refractivity (Wildman–Crippen MR) is 90.2 cm³/mol. The van der Waals surface area contributed by atoms with Gasteiger partial charge in [-0.3, -0.25) is 4.79 Å². The molecule has 1 aromatic heterocycles. The number of hydrogen-bond acceptors (Lipinski definition) is 3. The van der Waals surface area contributed by atoms with Gasteiger partial charge in [-0.25, -0.2) is 0 Å². The molecule has 3 fully saturated rings. The third-order valence-electron chi connectivity index (χ3n) is 8.29. The van der Waals surface area contributed by atoms with E-state index in [1.165, 1.54) is 24.8 Å². The number of carbonyl (C=O) groups is 1. The summed E-state index contributed by atoms with van der Waals surface area (Å²) >= 11 is 0. The summed E-state index contributed by atoms with van der Waals surface area (Å²) in [4.78, 5) is 12.0. The predicted octanol–water partition coefficient (Wildman–Crippen LogP) is 3.50. The molecule has 0 bridgehead atoms. The van der Waals surface area contributed by atoms with Crippen LogP contribution in [0, 0.1) is 29.1 Å². The van der Waals surface area contributed by atoms with Crippen LogP contribution in [0.15, 0.2) is 10.7 Å². The van der Waals surface area contributed by atoms with E-state index in [1.807, 2.05) is 6.20 Å². The highest BCUT2D eigenvalue weighted by Crippen LogP contribution is 2.61. The Morgan fingerprint density at radius 1 is 1.21 bits per heavy atom. The summed E-state index contributed by atoms with van der Waals surface area (Å²) in [6.45, 7) is 4.84. The molecule has 3 unspecified atom stereocenters. The Bertz CT molecular complexity index is 683. The Kier molecular flexibility index (Phi) is 3.03. The van der Waals surface area contributed by atoms with E-state index in [4.69, 9.17) is 4.52 Å². The third-order valence-corrected chi connectivity index (χ3v) is 8.29. The van der Waals surface area contributed by atoms with Crippen LogP contribution in [-0.2, 0) is 17.6 Å². The summed E-state index contributed by atoms with van der Waals surface area (Å²) in [6.07, 6.45) is 11.0. The lowest BCUT2D eigenvalue weighted by molar-refractivity contribution is -0.136. The molecule has 0 aromatic carbocycles. The average Bonchev–Trinajstić information content (AvgIpc) is 2.97. The highest BCUT2D eigenvalue weighted by molar-refractivity contribution is 5.77.